The second-order valence-electron chi connectivity index (χ2n) is 13.7. The van der Waals surface area contributed by atoms with Gasteiger partial charge in [-0.1, -0.05) is 125 Å². The van der Waals surface area contributed by atoms with Crippen LogP contribution >= 0.6 is 0 Å². The maximum absolute atomic E-state index is 5.02. The Morgan fingerprint density at radius 2 is 0.860 bits per heavy atom. The first-order valence-corrected chi connectivity index (χ1v) is 18.7. The number of benzene rings is 4. The predicted octanol–water partition coefficient (Wildman–Crippen LogP) is 12.9. The number of fused-ring (bicyclic) bond motifs is 6. The van der Waals surface area contributed by atoms with Crippen molar-refractivity contribution in [2.24, 2.45) is 0 Å². The molecule has 8 rings (SSSR count). The lowest BCUT2D eigenvalue weighted by atomic mass is 9.95. The first kappa shape index (κ1) is 32.0. The number of aromatic nitrogens is 4. The van der Waals surface area contributed by atoms with Crippen molar-refractivity contribution in [1.82, 2.24) is 19.1 Å². The van der Waals surface area contributed by atoms with Crippen molar-refractivity contribution in [2.75, 3.05) is 0 Å². The Balaban J connectivity index is 1.23. The zero-order valence-electron chi connectivity index (χ0n) is 29.4. The fourth-order valence-corrected chi connectivity index (χ4v) is 7.96. The minimum atomic E-state index is 0.910. The summed E-state index contributed by atoms with van der Waals surface area (Å²) in [6.07, 6.45) is 13.7. The van der Waals surface area contributed by atoms with E-state index in [0.717, 1.165) is 46.7 Å². The lowest BCUT2D eigenvalue weighted by Gasteiger charge is -2.14. The van der Waals surface area contributed by atoms with E-state index in [1.54, 1.807) is 0 Å². The van der Waals surface area contributed by atoms with Gasteiger partial charge in [0.1, 0.15) is 0 Å². The van der Waals surface area contributed by atoms with Gasteiger partial charge in [0, 0.05) is 80.2 Å². The molecule has 0 amide bonds. The van der Waals surface area contributed by atoms with Crippen LogP contribution in [0.25, 0.3) is 77.3 Å². The monoisotopic (exact) mass is 654 g/mol. The van der Waals surface area contributed by atoms with Gasteiger partial charge in [-0.2, -0.15) is 0 Å². The quantitative estimate of drug-likeness (QED) is 0.116. The maximum Gasteiger partial charge on any atom is 0.0970 e. The molecule has 0 spiro atoms. The molecule has 4 aromatic carbocycles. The first-order chi connectivity index (χ1) is 24.8. The molecule has 0 N–H and O–H groups in total. The topological polar surface area (TPSA) is 35.6 Å². The third-order valence-electron chi connectivity index (χ3n) is 10.5. The standard InChI is InChI=1S/C46H46N4/c1-3-5-7-13-29-49-41-21-11-9-17-37(41)39-25-23-33(31-43(39)49)35-19-15-27-47-45(35)46-36(20-16-28-48-46)34-24-26-40-38-18-10-12-22-42(38)50(44(40)32-34)30-14-8-6-4-2/h9-12,15-28,31-32H,3-8,13-14,29-30H2,1-2H3. The molecule has 0 aliphatic carbocycles. The average Bonchev–Trinajstić information content (AvgIpc) is 3.66. The molecule has 0 bridgehead atoms. The second-order valence-corrected chi connectivity index (χ2v) is 13.7. The molecular weight excluding hydrogens is 609 g/mol. The Morgan fingerprint density at radius 3 is 1.32 bits per heavy atom. The zero-order valence-corrected chi connectivity index (χ0v) is 29.4. The molecule has 0 saturated heterocycles. The number of nitrogens with zero attached hydrogens (tertiary/aromatic N) is 4. The van der Waals surface area contributed by atoms with Gasteiger partial charge in [-0.15, -0.1) is 0 Å². The Kier molecular flexibility index (Phi) is 9.17. The molecule has 0 aliphatic rings. The number of hydrogen-bond acceptors (Lipinski definition) is 2. The molecule has 0 aliphatic heterocycles. The number of rotatable bonds is 13. The molecule has 4 heterocycles. The molecule has 0 radical (unpaired) electrons. The largest absolute Gasteiger partial charge is 0.340 e. The Hall–Kier alpha value is -5.22. The maximum atomic E-state index is 5.02. The molecule has 8 aromatic rings. The van der Waals surface area contributed by atoms with Crippen LogP contribution in [0.4, 0.5) is 0 Å². The van der Waals surface area contributed by atoms with Gasteiger partial charge in [0.05, 0.1) is 11.4 Å². The fraction of sp³-hybridized carbons (Fsp3) is 0.261. The van der Waals surface area contributed by atoms with Crippen LogP contribution in [-0.2, 0) is 13.1 Å². The lowest BCUT2D eigenvalue weighted by molar-refractivity contribution is 0.602. The summed E-state index contributed by atoms with van der Waals surface area (Å²) < 4.78 is 5.06. The van der Waals surface area contributed by atoms with Gasteiger partial charge >= 0.3 is 0 Å². The Morgan fingerprint density at radius 1 is 0.420 bits per heavy atom. The van der Waals surface area contributed by atoms with E-state index in [4.69, 9.17) is 9.97 Å². The van der Waals surface area contributed by atoms with Crippen molar-refractivity contribution in [3.63, 3.8) is 0 Å². The van der Waals surface area contributed by atoms with Gasteiger partial charge in [-0.25, -0.2) is 0 Å². The summed E-state index contributed by atoms with van der Waals surface area (Å²) in [4.78, 5) is 10.0. The van der Waals surface area contributed by atoms with Crippen molar-refractivity contribution in [1.29, 1.82) is 0 Å². The normalized spacial score (nSPS) is 11.8. The molecule has 0 fully saturated rings. The molecular formula is C46H46N4. The van der Waals surface area contributed by atoms with Crippen LogP contribution in [0.15, 0.2) is 122 Å². The highest BCUT2D eigenvalue weighted by molar-refractivity contribution is 6.10. The SMILES string of the molecule is CCCCCCn1c2ccccc2c2ccc(-c3cccnc3-c3ncccc3-c3ccc4c5ccccc5n(CCCCCC)c4c3)cc21. The summed E-state index contributed by atoms with van der Waals surface area (Å²) in [5.74, 6) is 0. The van der Waals surface area contributed by atoms with Gasteiger partial charge < -0.3 is 9.13 Å². The van der Waals surface area contributed by atoms with E-state index in [-0.39, 0.29) is 0 Å². The van der Waals surface area contributed by atoms with E-state index in [1.807, 2.05) is 12.4 Å². The number of hydrogen-bond donors (Lipinski definition) is 0. The fourth-order valence-electron chi connectivity index (χ4n) is 7.96. The molecule has 0 saturated carbocycles. The molecule has 0 unspecified atom stereocenters. The average molecular weight is 655 g/mol. The summed E-state index contributed by atoms with van der Waals surface area (Å²) >= 11 is 0. The second kappa shape index (κ2) is 14.3. The molecule has 50 heavy (non-hydrogen) atoms. The minimum Gasteiger partial charge on any atom is -0.340 e. The number of pyridine rings is 2. The van der Waals surface area contributed by atoms with Crippen molar-refractivity contribution >= 4 is 43.6 Å². The van der Waals surface area contributed by atoms with Crippen molar-refractivity contribution < 1.29 is 0 Å². The van der Waals surface area contributed by atoms with Crippen molar-refractivity contribution in [3.05, 3.63) is 122 Å². The number of para-hydroxylation sites is 2. The Labute approximate surface area is 295 Å². The summed E-state index contributed by atoms with van der Waals surface area (Å²) in [5.41, 5.74) is 11.5. The molecule has 4 heteroatoms. The number of aryl methyl sites for hydroxylation is 2. The minimum absolute atomic E-state index is 0.910. The highest BCUT2D eigenvalue weighted by Gasteiger charge is 2.19. The van der Waals surface area contributed by atoms with E-state index in [9.17, 15) is 0 Å². The van der Waals surface area contributed by atoms with Crippen LogP contribution in [0.2, 0.25) is 0 Å². The molecule has 250 valence electrons. The molecule has 4 aromatic heterocycles. The smallest absolute Gasteiger partial charge is 0.0970 e. The van der Waals surface area contributed by atoms with Gasteiger partial charge in [0.15, 0.2) is 0 Å². The highest BCUT2D eigenvalue weighted by atomic mass is 15.0. The summed E-state index contributed by atoms with van der Waals surface area (Å²) in [7, 11) is 0. The van der Waals surface area contributed by atoms with Gasteiger partial charge in [-0.05, 0) is 60.4 Å². The van der Waals surface area contributed by atoms with E-state index >= 15 is 0 Å². The molecule has 4 nitrogen and oxygen atoms in total. The van der Waals surface area contributed by atoms with Crippen LogP contribution in [0.1, 0.15) is 65.2 Å². The van der Waals surface area contributed by atoms with Crippen molar-refractivity contribution in [3.8, 4) is 33.6 Å². The van der Waals surface area contributed by atoms with Crippen molar-refractivity contribution in [2.45, 2.75) is 78.3 Å². The van der Waals surface area contributed by atoms with Crippen LogP contribution < -0.4 is 0 Å². The molecule has 0 atom stereocenters. The van der Waals surface area contributed by atoms with Crippen LogP contribution in [0, 0.1) is 0 Å². The zero-order chi connectivity index (χ0) is 33.9. The van der Waals surface area contributed by atoms with Crippen LogP contribution in [0.5, 0.6) is 0 Å². The summed E-state index contributed by atoms with van der Waals surface area (Å²) in [6, 6.07) is 40.1. The third kappa shape index (κ3) is 5.87. The predicted molar refractivity (Wildman–Crippen MR) is 213 cm³/mol. The van der Waals surface area contributed by atoms with E-state index in [1.165, 1.54) is 95.0 Å². The Bertz CT molecular complexity index is 2260. The number of unbranched alkanes of at least 4 members (excludes halogenated alkanes) is 6. The van der Waals surface area contributed by atoms with E-state index in [2.05, 4.69) is 132 Å². The summed E-state index contributed by atoms with van der Waals surface area (Å²) in [5, 5.41) is 5.26. The van der Waals surface area contributed by atoms with Crippen LogP contribution in [-0.4, -0.2) is 19.1 Å². The van der Waals surface area contributed by atoms with Gasteiger partial charge in [0.2, 0.25) is 0 Å². The lowest BCUT2D eigenvalue weighted by Crippen LogP contribution is -1.99. The third-order valence-corrected chi connectivity index (χ3v) is 10.5. The van der Waals surface area contributed by atoms with Crippen LogP contribution in [0.3, 0.4) is 0 Å². The highest BCUT2D eigenvalue weighted by Crippen LogP contribution is 2.40. The van der Waals surface area contributed by atoms with E-state index in [0.29, 0.717) is 0 Å². The first-order valence-electron chi connectivity index (χ1n) is 18.7. The van der Waals surface area contributed by atoms with Gasteiger partial charge in [0.25, 0.3) is 0 Å². The van der Waals surface area contributed by atoms with E-state index < -0.39 is 0 Å². The summed E-state index contributed by atoms with van der Waals surface area (Å²) in [6.45, 7) is 6.60. The van der Waals surface area contributed by atoms with Gasteiger partial charge in [-0.3, -0.25) is 9.97 Å².